The van der Waals surface area contributed by atoms with Crippen molar-refractivity contribution in [3.63, 3.8) is 0 Å². The predicted octanol–water partition coefficient (Wildman–Crippen LogP) is 4.01. The summed E-state index contributed by atoms with van der Waals surface area (Å²) < 4.78 is 11.8. The SMILES string of the molecule is CC(C)(C)OC(=O)N1CCC(OC(=O)c2ccc(Br)cc2)CC1. The molecule has 1 amide bonds. The molecule has 1 saturated heterocycles. The summed E-state index contributed by atoms with van der Waals surface area (Å²) in [6.07, 6.45) is 0.781. The summed E-state index contributed by atoms with van der Waals surface area (Å²) in [5.41, 5.74) is 0.0323. The number of carbonyl (C=O) groups excluding carboxylic acids is 2. The predicted molar refractivity (Wildman–Crippen MR) is 90.4 cm³/mol. The van der Waals surface area contributed by atoms with Crippen molar-refractivity contribution in [2.24, 2.45) is 0 Å². The molecule has 1 aliphatic rings. The van der Waals surface area contributed by atoms with Crippen molar-refractivity contribution in [1.29, 1.82) is 0 Å². The number of likely N-dealkylation sites (tertiary alicyclic amines) is 1. The van der Waals surface area contributed by atoms with Crippen LogP contribution in [0.2, 0.25) is 0 Å². The molecule has 0 atom stereocenters. The van der Waals surface area contributed by atoms with E-state index in [1.165, 1.54) is 0 Å². The first-order chi connectivity index (χ1) is 10.7. The molecule has 0 N–H and O–H groups in total. The highest BCUT2D eigenvalue weighted by Crippen LogP contribution is 2.19. The molecule has 1 fully saturated rings. The molecular formula is C17H22BrNO4. The number of ether oxygens (including phenoxy) is 2. The molecule has 23 heavy (non-hydrogen) atoms. The van der Waals surface area contributed by atoms with Gasteiger partial charge in [-0.2, -0.15) is 0 Å². The summed E-state index contributed by atoms with van der Waals surface area (Å²) >= 11 is 3.33. The number of carbonyl (C=O) groups is 2. The van der Waals surface area contributed by atoms with Crippen molar-refractivity contribution in [3.05, 3.63) is 34.3 Å². The Morgan fingerprint density at radius 2 is 1.70 bits per heavy atom. The molecule has 0 bridgehead atoms. The highest BCUT2D eigenvalue weighted by molar-refractivity contribution is 9.10. The monoisotopic (exact) mass is 383 g/mol. The Bertz CT molecular complexity index is 557. The van der Waals surface area contributed by atoms with Gasteiger partial charge in [-0.3, -0.25) is 0 Å². The normalized spacial score (nSPS) is 16.1. The summed E-state index contributed by atoms with van der Waals surface area (Å²) in [5.74, 6) is -0.326. The summed E-state index contributed by atoms with van der Waals surface area (Å²) in [6, 6.07) is 7.06. The van der Waals surface area contributed by atoms with Crippen molar-refractivity contribution in [3.8, 4) is 0 Å². The molecule has 0 saturated carbocycles. The van der Waals surface area contributed by atoms with Gasteiger partial charge < -0.3 is 14.4 Å². The number of halogens is 1. The van der Waals surface area contributed by atoms with Crippen LogP contribution in [0.4, 0.5) is 4.79 Å². The average molecular weight is 384 g/mol. The molecule has 2 rings (SSSR count). The molecule has 0 aromatic heterocycles. The van der Waals surface area contributed by atoms with Gasteiger partial charge in [-0.1, -0.05) is 15.9 Å². The second kappa shape index (κ2) is 7.34. The molecule has 0 radical (unpaired) electrons. The fourth-order valence-corrected chi connectivity index (χ4v) is 2.55. The highest BCUT2D eigenvalue weighted by atomic mass is 79.9. The van der Waals surface area contributed by atoms with Crippen molar-refractivity contribution in [2.75, 3.05) is 13.1 Å². The lowest BCUT2D eigenvalue weighted by Gasteiger charge is -2.33. The third-order valence-electron chi connectivity index (χ3n) is 3.45. The Hall–Kier alpha value is -1.56. The first-order valence-corrected chi connectivity index (χ1v) is 8.48. The molecule has 0 spiro atoms. The first kappa shape index (κ1) is 17.8. The first-order valence-electron chi connectivity index (χ1n) is 7.69. The Morgan fingerprint density at radius 1 is 1.13 bits per heavy atom. The Balaban J connectivity index is 1.81. The smallest absolute Gasteiger partial charge is 0.410 e. The van der Waals surface area contributed by atoms with Gasteiger partial charge in [0.1, 0.15) is 11.7 Å². The second-order valence-corrected chi connectivity index (χ2v) is 7.49. The highest BCUT2D eigenvalue weighted by Gasteiger charge is 2.28. The summed E-state index contributed by atoms with van der Waals surface area (Å²) in [7, 11) is 0. The molecular weight excluding hydrogens is 362 g/mol. The lowest BCUT2D eigenvalue weighted by Crippen LogP contribution is -2.43. The quantitative estimate of drug-likeness (QED) is 0.724. The van der Waals surface area contributed by atoms with Gasteiger partial charge in [-0.25, -0.2) is 9.59 Å². The van der Waals surface area contributed by atoms with Crippen LogP contribution < -0.4 is 0 Å². The van der Waals surface area contributed by atoms with Crippen LogP contribution in [0, 0.1) is 0 Å². The van der Waals surface area contributed by atoms with Crippen LogP contribution in [-0.2, 0) is 9.47 Å². The van der Waals surface area contributed by atoms with E-state index in [1.54, 1.807) is 17.0 Å². The van der Waals surface area contributed by atoms with Crippen molar-refractivity contribution in [2.45, 2.75) is 45.3 Å². The lowest BCUT2D eigenvalue weighted by atomic mass is 10.1. The molecule has 0 aliphatic carbocycles. The molecule has 1 aromatic carbocycles. The van der Waals surface area contributed by atoms with E-state index in [0.717, 1.165) is 4.47 Å². The zero-order chi connectivity index (χ0) is 17.0. The van der Waals surface area contributed by atoms with E-state index in [4.69, 9.17) is 9.47 Å². The van der Waals surface area contributed by atoms with Crippen molar-refractivity contribution < 1.29 is 19.1 Å². The molecule has 6 heteroatoms. The van der Waals surface area contributed by atoms with E-state index >= 15 is 0 Å². The van der Waals surface area contributed by atoms with Crippen LogP contribution in [0.25, 0.3) is 0 Å². The number of piperidine rings is 1. The largest absolute Gasteiger partial charge is 0.459 e. The van der Waals surface area contributed by atoms with Crippen molar-refractivity contribution in [1.82, 2.24) is 4.90 Å². The van der Waals surface area contributed by atoms with Gasteiger partial charge in [-0.05, 0) is 45.0 Å². The molecule has 1 aromatic rings. The van der Waals surface area contributed by atoms with Gasteiger partial charge in [0.25, 0.3) is 0 Å². The Labute approximate surface area is 145 Å². The van der Waals surface area contributed by atoms with Gasteiger partial charge in [-0.15, -0.1) is 0 Å². The van der Waals surface area contributed by atoms with E-state index in [9.17, 15) is 9.59 Å². The van der Waals surface area contributed by atoms with Gasteiger partial charge >= 0.3 is 12.1 Å². The van der Waals surface area contributed by atoms with E-state index < -0.39 is 5.60 Å². The van der Waals surface area contributed by atoms with Gasteiger partial charge in [0.2, 0.25) is 0 Å². The topological polar surface area (TPSA) is 55.8 Å². The number of hydrogen-bond donors (Lipinski definition) is 0. The fraction of sp³-hybridized carbons (Fsp3) is 0.529. The number of rotatable bonds is 2. The number of hydrogen-bond acceptors (Lipinski definition) is 4. The molecule has 126 valence electrons. The van der Waals surface area contributed by atoms with Crippen LogP contribution in [0.5, 0.6) is 0 Å². The minimum atomic E-state index is -0.498. The maximum absolute atomic E-state index is 12.1. The second-order valence-electron chi connectivity index (χ2n) is 6.58. The molecule has 0 unspecified atom stereocenters. The van der Waals surface area contributed by atoms with Crippen molar-refractivity contribution >= 4 is 28.0 Å². The van der Waals surface area contributed by atoms with Crippen LogP contribution in [0.15, 0.2) is 28.7 Å². The number of esters is 1. The fourth-order valence-electron chi connectivity index (χ4n) is 2.29. The molecule has 1 aliphatic heterocycles. The standard InChI is InChI=1S/C17H22BrNO4/c1-17(2,3)23-16(21)19-10-8-14(9-11-19)22-15(20)12-4-6-13(18)7-5-12/h4-7,14H,8-11H2,1-3H3. The van der Waals surface area contributed by atoms with Gasteiger partial charge in [0.05, 0.1) is 5.56 Å². The average Bonchev–Trinajstić information content (AvgIpc) is 2.46. The van der Waals surface area contributed by atoms with E-state index in [-0.39, 0.29) is 18.2 Å². The number of nitrogens with zero attached hydrogens (tertiary/aromatic N) is 1. The third kappa shape index (κ3) is 5.53. The van der Waals surface area contributed by atoms with E-state index in [1.807, 2.05) is 32.9 Å². The summed E-state index contributed by atoms with van der Waals surface area (Å²) in [5, 5.41) is 0. The van der Waals surface area contributed by atoms with E-state index in [0.29, 0.717) is 31.5 Å². The van der Waals surface area contributed by atoms with Gasteiger partial charge in [0, 0.05) is 30.4 Å². The zero-order valence-corrected chi connectivity index (χ0v) is 15.3. The van der Waals surface area contributed by atoms with Crippen LogP contribution in [-0.4, -0.2) is 41.8 Å². The maximum Gasteiger partial charge on any atom is 0.410 e. The lowest BCUT2D eigenvalue weighted by molar-refractivity contribution is -0.00340. The van der Waals surface area contributed by atoms with Crippen LogP contribution >= 0.6 is 15.9 Å². The summed E-state index contributed by atoms with van der Waals surface area (Å²) in [4.78, 5) is 25.7. The minimum Gasteiger partial charge on any atom is -0.459 e. The summed E-state index contributed by atoms with van der Waals surface area (Å²) in [6.45, 7) is 6.60. The minimum absolute atomic E-state index is 0.162. The number of amides is 1. The third-order valence-corrected chi connectivity index (χ3v) is 3.98. The Morgan fingerprint density at radius 3 is 2.22 bits per heavy atom. The van der Waals surface area contributed by atoms with E-state index in [2.05, 4.69) is 15.9 Å². The van der Waals surface area contributed by atoms with Crippen LogP contribution in [0.1, 0.15) is 44.0 Å². The molecule has 1 heterocycles. The zero-order valence-electron chi connectivity index (χ0n) is 13.7. The van der Waals surface area contributed by atoms with Crippen LogP contribution in [0.3, 0.4) is 0 Å². The maximum atomic E-state index is 12.1. The molecule has 5 nitrogen and oxygen atoms in total. The number of benzene rings is 1. The van der Waals surface area contributed by atoms with Gasteiger partial charge in [0.15, 0.2) is 0 Å². The Kier molecular flexibility index (Phi) is 5.68.